The van der Waals surface area contributed by atoms with Crippen molar-refractivity contribution in [2.75, 3.05) is 0 Å². The van der Waals surface area contributed by atoms with Gasteiger partial charge in [0.1, 0.15) is 0 Å². The topological polar surface area (TPSA) is 50.4 Å². The maximum Gasteiger partial charge on any atom is 0.179 e. The fourth-order valence-corrected chi connectivity index (χ4v) is 0.777. The molecule has 50 valence electrons. The molecule has 0 amide bonds. The minimum atomic E-state index is -0.598. The number of rotatable bonds is 0. The van der Waals surface area contributed by atoms with Gasteiger partial charge in [-0.2, -0.15) is 0 Å². The Hall–Kier alpha value is -0.830. The van der Waals surface area contributed by atoms with Crippen LogP contribution in [0.1, 0.15) is 13.8 Å². The van der Waals surface area contributed by atoms with Gasteiger partial charge in [0.15, 0.2) is 5.79 Å². The minimum Gasteiger partial charge on any atom is -0.353 e. The van der Waals surface area contributed by atoms with Crippen molar-refractivity contribution in [3.05, 3.63) is 11.8 Å². The lowest BCUT2D eigenvalue weighted by atomic mass is 10.3. The van der Waals surface area contributed by atoms with Crippen LogP contribution in [0.3, 0.4) is 0 Å². The molecule has 3 nitrogen and oxygen atoms in total. The Kier molecular flexibility index (Phi) is 1.29. The second-order valence-corrected chi connectivity index (χ2v) is 2.40. The molecule has 0 spiro atoms. The normalized spacial score (nSPS) is 33.4. The summed E-state index contributed by atoms with van der Waals surface area (Å²) in [6.07, 6.45) is 3.60. The zero-order valence-corrected chi connectivity index (χ0v) is 5.68. The summed E-state index contributed by atoms with van der Waals surface area (Å²) in [5, 5.41) is 3.00. The Balaban J connectivity index is 2.73. The molecule has 1 unspecified atom stereocenters. The molecule has 0 aromatic carbocycles. The molecule has 9 heavy (non-hydrogen) atoms. The summed E-state index contributed by atoms with van der Waals surface area (Å²) in [5.74, 6) is -0.598. The second kappa shape index (κ2) is 1.84. The summed E-state index contributed by atoms with van der Waals surface area (Å²) in [7, 11) is 0. The van der Waals surface area contributed by atoms with Gasteiger partial charge in [-0.1, -0.05) is 0 Å². The SMILES string of the molecule is CC1=CC=NC(C)(N)N1. The largest absolute Gasteiger partial charge is 0.353 e. The molecule has 0 saturated heterocycles. The molecule has 0 radical (unpaired) electrons. The van der Waals surface area contributed by atoms with Crippen molar-refractivity contribution in [3.8, 4) is 0 Å². The van der Waals surface area contributed by atoms with Gasteiger partial charge in [0.25, 0.3) is 0 Å². The lowest BCUT2D eigenvalue weighted by Gasteiger charge is -2.25. The van der Waals surface area contributed by atoms with Gasteiger partial charge in [0.2, 0.25) is 0 Å². The van der Waals surface area contributed by atoms with E-state index in [9.17, 15) is 0 Å². The van der Waals surface area contributed by atoms with E-state index in [-0.39, 0.29) is 0 Å². The summed E-state index contributed by atoms with van der Waals surface area (Å²) in [5.41, 5.74) is 6.67. The predicted octanol–water partition coefficient (Wildman–Crippen LogP) is 0.197. The molecule has 0 fully saturated rings. The zero-order chi connectivity index (χ0) is 6.91. The van der Waals surface area contributed by atoms with Gasteiger partial charge in [-0.3, -0.25) is 10.7 Å². The second-order valence-electron chi connectivity index (χ2n) is 2.40. The standard InChI is InChI=1S/C6H11N3/c1-5-3-4-8-6(2,7)9-5/h3-4,9H,7H2,1-2H3. The van der Waals surface area contributed by atoms with Crippen LogP contribution in [-0.4, -0.2) is 12.0 Å². The fourth-order valence-electron chi connectivity index (χ4n) is 0.777. The van der Waals surface area contributed by atoms with Gasteiger partial charge in [0.05, 0.1) is 0 Å². The van der Waals surface area contributed by atoms with E-state index in [1.54, 1.807) is 6.21 Å². The number of nitrogens with two attached hydrogens (primary N) is 1. The first-order valence-electron chi connectivity index (χ1n) is 2.89. The van der Waals surface area contributed by atoms with Gasteiger partial charge in [-0.15, -0.1) is 0 Å². The number of allylic oxidation sites excluding steroid dienone is 2. The summed E-state index contributed by atoms with van der Waals surface area (Å²) >= 11 is 0. The van der Waals surface area contributed by atoms with Crippen LogP contribution in [0.25, 0.3) is 0 Å². The molecule has 3 heteroatoms. The predicted molar refractivity (Wildman–Crippen MR) is 38.0 cm³/mol. The summed E-state index contributed by atoms with van der Waals surface area (Å²) in [4.78, 5) is 3.98. The maximum atomic E-state index is 5.62. The van der Waals surface area contributed by atoms with Crippen LogP contribution in [0.2, 0.25) is 0 Å². The molecule has 1 rings (SSSR count). The molecular weight excluding hydrogens is 114 g/mol. The molecule has 0 aromatic rings. The van der Waals surface area contributed by atoms with Crippen molar-refractivity contribution in [3.63, 3.8) is 0 Å². The third kappa shape index (κ3) is 1.54. The van der Waals surface area contributed by atoms with Crippen LogP contribution in [0.4, 0.5) is 0 Å². The first-order chi connectivity index (χ1) is 4.10. The molecule has 1 aliphatic heterocycles. The van der Waals surface area contributed by atoms with Crippen molar-refractivity contribution < 1.29 is 0 Å². The molecule has 0 bridgehead atoms. The quantitative estimate of drug-likeness (QED) is 0.485. The molecule has 3 N–H and O–H groups in total. The van der Waals surface area contributed by atoms with Crippen molar-refractivity contribution >= 4 is 6.21 Å². The van der Waals surface area contributed by atoms with Gasteiger partial charge >= 0.3 is 0 Å². The Morgan fingerprint density at radius 2 is 2.44 bits per heavy atom. The highest BCUT2D eigenvalue weighted by molar-refractivity contribution is 5.73. The minimum absolute atomic E-state index is 0.598. The Bertz CT molecular complexity index is 167. The van der Waals surface area contributed by atoms with E-state index in [2.05, 4.69) is 10.3 Å². The highest BCUT2D eigenvalue weighted by atomic mass is 15.2. The van der Waals surface area contributed by atoms with Gasteiger partial charge in [-0.05, 0) is 19.9 Å². The molecule has 0 aliphatic carbocycles. The van der Waals surface area contributed by atoms with Crippen molar-refractivity contribution in [1.82, 2.24) is 5.32 Å². The van der Waals surface area contributed by atoms with Crippen LogP contribution >= 0.6 is 0 Å². The third-order valence-corrected chi connectivity index (χ3v) is 1.12. The Morgan fingerprint density at radius 1 is 1.78 bits per heavy atom. The van der Waals surface area contributed by atoms with E-state index in [1.165, 1.54) is 0 Å². The third-order valence-electron chi connectivity index (χ3n) is 1.12. The van der Waals surface area contributed by atoms with Crippen LogP contribution in [0.15, 0.2) is 16.8 Å². The van der Waals surface area contributed by atoms with E-state index >= 15 is 0 Å². The molecule has 1 aliphatic rings. The number of aliphatic imine (C=N–C) groups is 1. The van der Waals surface area contributed by atoms with Crippen molar-refractivity contribution in [2.45, 2.75) is 19.6 Å². The van der Waals surface area contributed by atoms with Crippen molar-refractivity contribution in [2.24, 2.45) is 10.7 Å². The van der Waals surface area contributed by atoms with E-state index < -0.39 is 5.79 Å². The summed E-state index contributed by atoms with van der Waals surface area (Å²) < 4.78 is 0. The molecular formula is C6H11N3. The van der Waals surface area contributed by atoms with Crippen LogP contribution < -0.4 is 11.1 Å². The van der Waals surface area contributed by atoms with Crippen molar-refractivity contribution in [1.29, 1.82) is 0 Å². The molecule has 0 aromatic heterocycles. The lowest BCUT2D eigenvalue weighted by Crippen LogP contribution is -2.49. The number of hydrogen-bond donors (Lipinski definition) is 2. The summed E-state index contributed by atoms with van der Waals surface area (Å²) in [6, 6.07) is 0. The van der Waals surface area contributed by atoms with E-state index in [0.29, 0.717) is 0 Å². The maximum absolute atomic E-state index is 5.62. The van der Waals surface area contributed by atoms with Gasteiger partial charge in [0, 0.05) is 11.9 Å². The highest BCUT2D eigenvalue weighted by Gasteiger charge is 2.15. The Labute approximate surface area is 54.7 Å². The average molecular weight is 125 g/mol. The van der Waals surface area contributed by atoms with Crippen LogP contribution in [0, 0.1) is 0 Å². The summed E-state index contributed by atoms with van der Waals surface area (Å²) in [6.45, 7) is 3.77. The number of hydrogen-bond acceptors (Lipinski definition) is 3. The first-order valence-corrected chi connectivity index (χ1v) is 2.89. The fraction of sp³-hybridized carbons (Fsp3) is 0.500. The zero-order valence-electron chi connectivity index (χ0n) is 5.68. The number of nitrogens with one attached hydrogen (secondary N) is 1. The smallest absolute Gasteiger partial charge is 0.179 e. The highest BCUT2D eigenvalue weighted by Crippen LogP contribution is 2.03. The monoisotopic (exact) mass is 125 g/mol. The number of nitrogens with zero attached hydrogens (tertiary/aromatic N) is 1. The van der Waals surface area contributed by atoms with E-state index in [1.807, 2.05) is 19.9 Å². The average Bonchev–Trinajstić information content (AvgIpc) is 1.60. The molecule has 1 heterocycles. The van der Waals surface area contributed by atoms with Gasteiger partial charge in [-0.25, -0.2) is 0 Å². The van der Waals surface area contributed by atoms with Crippen LogP contribution in [0.5, 0.6) is 0 Å². The first kappa shape index (κ1) is 6.29. The molecule has 0 saturated carbocycles. The van der Waals surface area contributed by atoms with E-state index in [4.69, 9.17) is 5.73 Å². The molecule has 1 atom stereocenters. The Morgan fingerprint density at radius 3 is 2.78 bits per heavy atom. The van der Waals surface area contributed by atoms with Gasteiger partial charge < -0.3 is 5.32 Å². The van der Waals surface area contributed by atoms with E-state index in [0.717, 1.165) is 5.70 Å². The van der Waals surface area contributed by atoms with Crippen LogP contribution in [-0.2, 0) is 0 Å². The lowest BCUT2D eigenvalue weighted by molar-refractivity contribution is 0.422.